The van der Waals surface area contributed by atoms with Crippen LogP contribution in [0.4, 0.5) is 0 Å². The Hall–Kier alpha value is -1.64. The molecule has 0 fully saturated rings. The molecule has 0 aliphatic carbocycles. The Balaban J connectivity index is 2.49. The minimum absolute atomic E-state index is 0.0507. The molecule has 0 aliphatic rings. The molecule has 0 amide bonds. The number of benzene rings is 2. The number of hydrazine groups is 1. The standard InChI is InChI=1S/C17H22N2/c1-4-14-7-5-6-8-16(14)17(19-18)15-10-12(2)9-13(3)11-15/h5-11,17,19H,4,18H2,1-3H3. The van der Waals surface area contributed by atoms with Crippen molar-refractivity contribution in [2.24, 2.45) is 5.84 Å². The predicted octanol–water partition coefficient (Wildman–Crippen LogP) is 3.42. The molecule has 2 rings (SSSR count). The van der Waals surface area contributed by atoms with Crippen LogP contribution < -0.4 is 11.3 Å². The van der Waals surface area contributed by atoms with Crippen LogP contribution in [0.2, 0.25) is 0 Å². The van der Waals surface area contributed by atoms with E-state index >= 15 is 0 Å². The first-order valence-electron chi connectivity index (χ1n) is 6.77. The average Bonchev–Trinajstić information content (AvgIpc) is 2.39. The van der Waals surface area contributed by atoms with E-state index < -0.39 is 0 Å². The maximum atomic E-state index is 5.81. The van der Waals surface area contributed by atoms with Gasteiger partial charge in [-0.25, -0.2) is 5.43 Å². The van der Waals surface area contributed by atoms with Crippen molar-refractivity contribution in [3.63, 3.8) is 0 Å². The van der Waals surface area contributed by atoms with Crippen molar-refractivity contribution in [3.8, 4) is 0 Å². The monoisotopic (exact) mass is 254 g/mol. The highest BCUT2D eigenvalue weighted by atomic mass is 15.2. The summed E-state index contributed by atoms with van der Waals surface area (Å²) in [6.45, 7) is 6.42. The van der Waals surface area contributed by atoms with Crippen molar-refractivity contribution < 1.29 is 0 Å². The van der Waals surface area contributed by atoms with Crippen LogP contribution >= 0.6 is 0 Å². The second-order valence-corrected chi connectivity index (χ2v) is 5.07. The summed E-state index contributed by atoms with van der Waals surface area (Å²) in [5, 5.41) is 0. The van der Waals surface area contributed by atoms with Crippen LogP contribution in [0.5, 0.6) is 0 Å². The molecule has 0 heterocycles. The molecule has 0 spiro atoms. The van der Waals surface area contributed by atoms with Gasteiger partial charge in [-0.2, -0.15) is 0 Å². The van der Waals surface area contributed by atoms with E-state index in [1.165, 1.54) is 27.8 Å². The van der Waals surface area contributed by atoms with Crippen LogP contribution in [-0.4, -0.2) is 0 Å². The van der Waals surface area contributed by atoms with E-state index in [1.54, 1.807) is 0 Å². The van der Waals surface area contributed by atoms with Crippen molar-refractivity contribution in [3.05, 3.63) is 70.3 Å². The number of nitrogens with one attached hydrogen (secondary N) is 1. The van der Waals surface area contributed by atoms with Gasteiger partial charge in [-0.05, 0) is 37.0 Å². The summed E-state index contributed by atoms with van der Waals surface area (Å²) in [7, 11) is 0. The fourth-order valence-electron chi connectivity index (χ4n) is 2.68. The molecule has 19 heavy (non-hydrogen) atoms. The first-order valence-corrected chi connectivity index (χ1v) is 6.77. The number of nitrogens with two attached hydrogens (primary N) is 1. The quantitative estimate of drug-likeness (QED) is 0.648. The van der Waals surface area contributed by atoms with Gasteiger partial charge in [-0.15, -0.1) is 0 Å². The van der Waals surface area contributed by atoms with Crippen molar-refractivity contribution in [1.82, 2.24) is 5.43 Å². The Kier molecular flexibility index (Phi) is 4.35. The molecule has 2 nitrogen and oxygen atoms in total. The minimum atomic E-state index is 0.0507. The summed E-state index contributed by atoms with van der Waals surface area (Å²) in [5.41, 5.74) is 9.32. The van der Waals surface area contributed by atoms with Crippen molar-refractivity contribution in [2.75, 3.05) is 0 Å². The van der Waals surface area contributed by atoms with Crippen LogP contribution in [-0.2, 0) is 6.42 Å². The highest BCUT2D eigenvalue weighted by Crippen LogP contribution is 2.26. The highest BCUT2D eigenvalue weighted by Gasteiger charge is 2.15. The van der Waals surface area contributed by atoms with E-state index in [9.17, 15) is 0 Å². The fraction of sp³-hybridized carbons (Fsp3) is 0.294. The Morgan fingerprint density at radius 1 is 1.05 bits per heavy atom. The molecule has 0 saturated heterocycles. The summed E-state index contributed by atoms with van der Waals surface area (Å²) in [6, 6.07) is 15.1. The first kappa shape index (κ1) is 13.8. The second-order valence-electron chi connectivity index (χ2n) is 5.07. The zero-order valence-corrected chi connectivity index (χ0v) is 11.9. The summed E-state index contributed by atoms with van der Waals surface area (Å²) < 4.78 is 0. The molecule has 0 aromatic heterocycles. The van der Waals surface area contributed by atoms with Crippen molar-refractivity contribution in [1.29, 1.82) is 0 Å². The number of hydrogen-bond donors (Lipinski definition) is 2. The number of aryl methyl sites for hydroxylation is 3. The molecule has 2 aromatic rings. The predicted molar refractivity (Wildman–Crippen MR) is 80.9 cm³/mol. The van der Waals surface area contributed by atoms with Gasteiger partial charge >= 0.3 is 0 Å². The highest BCUT2D eigenvalue weighted by molar-refractivity contribution is 5.40. The second kappa shape index (κ2) is 6.00. The van der Waals surface area contributed by atoms with Crippen molar-refractivity contribution in [2.45, 2.75) is 33.2 Å². The molecule has 2 heteroatoms. The van der Waals surface area contributed by atoms with Gasteiger partial charge in [0.15, 0.2) is 0 Å². The third kappa shape index (κ3) is 3.03. The minimum Gasteiger partial charge on any atom is -0.271 e. The van der Waals surface area contributed by atoms with E-state index in [4.69, 9.17) is 5.84 Å². The molecule has 0 aliphatic heterocycles. The van der Waals surface area contributed by atoms with Gasteiger partial charge in [0, 0.05) is 0 Å². The molecule has 3 N–H and O–H groups in total. The zero-order valence-electron chi connectivity index (χ0n) is 11.9. The van der Waals surface area contributed by atoms with Gasteiger partial charge in [0.1, 0.15) is 0 Å². The van der Waals surface area contributed by atoms with Crippen LogP contribution in [0.15, 0.2) is 42.5 Å². The average molecular weight is 254 g/mol. The lowest BCUT2D eigenvalue weighted by Gasteiger charge is -2.21. The Morgan fingerprint density at radius 2 is 1.68 bits per heavy atom. The Bertz CT molecular complexity index is 541. The molecular weight excluding hydrogens is 232 g/mol. The van der Waals surface area contributed by atoms with Crippen LogP contribution in [0.25, 0.3) is 0 Å². The summed E-state index contributed by atoms with van der Waals surface area (Å²) in [4.78, 5) is 0. The Morgan fingerprint density at radius 3 is 2.26 bits per heavy atom. The van der Waals surface area contributed by atoms with Gasteiger partial charge in [0.25, 0.3) is 0 Å². The van der Waals surface area contributed by atoms with Gasteiger partial charge < -0.3 is 0 Å². The number of rotatable bonds is 4. The first-order chi connectivity index (χ1) is 9.15. The topological polar surface area (TPSA) is 38.0 Å². The molecule has 100 valence electrons. The van der Waals surface area contributed by atoms with E-state index in [0.29, 0.717) is 0 Å². The Labute approximate surface area is 115 Å². The van der Waals surface area contributed by atoms with Gasteiger partial charge in [0.05, 0.1) is 6.04 Å². The molecular formula is C17H22N2. The van der Waals surface area contributed by atoms with Gasteiger partial charge in [-0.3, -0.25) is 5.84 Å². The molecule has 0 radical (unpaired) electrons. The summed E-state index contributed by atoms with van der Waals surface area (Å²) in [5.74, 6) is 5.81. The van der Waals surface area contributed by atoms with Gasteiger partial charge in [0.2, 0.25) is 0 Å². The van der Waals surface area contributed by atoms with Gasteiger partial charge in [-0.1, -0.05) is 60.5 Å². The molecule has 1 atom stereocenters. The van der Waals surface area contributed by atoms with Crippen molar-refractivity contribution >= 4 is 0 Å². The molecule has 2 aromatic carbocycles. The van der Waals surface area contributed by atoms with Crippen LogP contribution in [0.1, 0.15) is 40.8 Å². The van der Waals surface area contributed by atoms with Crippen LogP contribution in [0.3, 0.4) is 0 Å². The van der Waals surface area contributed by atoms with E-state index in [0.717, 1.165) is 6.42 Å². The van der Waals surface area contributed by atoms with E-state index in [2.05, 4.69) is 68.7 Å². The SMILES string of the molecule is CCc1ccccc1C(NN)c1cc(C)cc(C)c1. The molecule has 1 unspecified atom stereocenters. The zero-order chi connectivity index (χ0) is 13.8. The normalized spacial score (nSPS) is 12.4. The van der Waals surface area contributed by atoms with E-state index in [1.807, 2.05) is 0 Å². The fourth-order valence-corrected chi connectivity index (χ4v) is 2.68. The maximum Gasteiger partial charge on any atom is 0.0712 e. The lowest BCUT2D eigenvalue weighted by Crippen LogP contribution is -2.29. The molecule has 0 saturated carbocycles. The summed E-state index contributed by atoms with van der Waals surface area (Å²) >= 11 is 0. The maximum absolute atomic E-state index is 5.81. The van der Waals surface area contributed by atoms with E-state index in [-0.39, 0.29) is 6.04 Å². The summed E-state index contributed by atoms with van der Waals surface area (Å²) in [6.07, 6.45) is 1.01. The van der Waals surface area contributed by atoms with Crippen LogP contribution in [0, 0.1) is 13.8 Å². The molecule has 0 bridgehead atoms. The number of hydrogen-bond acceptors (Lipinski definition) is 2. The largest absolute Gasteiger partial charge is 0.271 e. The third-order valence-electron chi connectivity index (χ3n) is 3.49. The lowest BCUT2D eigenvalue weighted by atomic mass is 9.92. The smallest absolute Gasteiger partial charge is 0.0712 e. The lowest BCUT2D eigenvalue weighted by molar-refractivity contribution is 0.630. The third-order valence-corrected chi connectivity index (χ3v) is 3.49.